The normalized spacial score (nSPS) is 19.1. The second-order valence-electron chi connectivity index (χ2n) is 5.59. The second-order valence-corrected chi connectivity index (χ2v) is 8.06. The molecule has 1 aliphatic rings. The SMILES string of the molecule is CCS(=O)(=O)CCCC(C(=O)O)(C(=O)OC)C1CCCC1. The van der Waals surface area contributed by atoms with Crippen molar-refractivity contribution in [2.45, 2.75) is 45.4 Å². The lowest BCUT2D eigenvalue weighted by atomic mass is 9.71. The Kier molecular flexibility index (Phi) is 6.19. The van der Waals surface area contributed by atoms with E-state index in [1.54, 1.807) is 6.92 Å². The highest BCUT2D eigenvalue weighted by Crippen LogP contribution is 2.44. The van der Waals surface area contributed by atoms with Gasteiger partial charge in [-0.1, -0.05) is 19.8 Å². The molecule has 0 radical (unpaired) electrons. The largest absolute Gasteiger partial charge is 0.480 e. The predicted molar refractivity (Wildman–Crippen MR) is 77.6 cm³/mol. The van der Waals surface area contributed by atoms with Crippen molar-refractivity contribution in [1.82, 2.24) is 0 Å². The number of aliphatic carboxylic acids is 1. The van der Waals surface area contributed by atoms with Crippen molar-refractivity contribution in [3.8, 4) is 0 Å². The van der Waals surface area contributed by atoms with Gasteiger partial charge in [-0.05, 0) is 31.6 Å². The fourth-order valence-corrected chi connectivity index (χ4v) is 4.03. The van der Waals surface area contributed by atoms with Crippen molar-refractivity contribution in [3.05, 3.63) is 0 Å². The molecule has 0 bridgehead atoms. The molecule has 0 heterocycles. The zero-order valence-electron chi connectivity index (χ0n) is 12.6. The van der Waals surface area contributed by atoms with E-state index in [0.717, 1.165) is 12.8 Å². The van der Waals surface area contributed by atoms with Gasteiger partial charge in [0, 0.05) is 5.75 Å². The minimum Gasteiger partial charge on any atom is -0.480 e. The van der Waals surface area contributed by atoms with Crippen molar-refractivity contribution < 1.29 is 27.9 Å². The summed E-state index contributed by atoms with van der Waals surface area (Å²) in [5.74, 6) is -2.30. The summed E-state index contributed by atoms with van der Waals surface area (Å²) in [6.07, 6.45) is 3.30. The summed E-state index contributed by atoms with van der Waals surface area (Å²) in [5.41, 5.74) is -1.60. The van der Waals surface area contributed by atoms with Crippen LogP contribution in [-0.2, 0) is 24.2 Å². The average Bonchev–Trinajstić information content (AvgIpc) is 2.96. The Labute approximate surface area is 125 Å². The molecule has 1 rings (SSSR count). The van der Waals surface area contributed by atoms with Crippen LogP contribution in [0.25, 0.3) is 0 Å². The quantitative estimate of drug-likeness (QED) is 0.539. The summed E-state index contributed by atoms with van der Waals surface area (Å²) in [4.78, 5) is 23.9. The van der Waals surface area contributed by atoms with Gasteiger partial charge in [-0.3, -0.25) is 9.59 Å². The van der Waals surface area contributed by atoms with Gasteiger partial charge in [-0.15, -0.1) is 0 Å². The summed E-state index contributed by atoms with van der Waals surface area (Å²) in [7, 11) is -1.99. The summed E-state index contributed by atoms with van der Waals surface area (Å²) in [6.45, 7) is 1.55. The van der Waals surface area contributed by atoms with Crippen molar-refractivity contribution >= 4 is 21.8 Å². The first-order valence-corrected chi connectivity index (χ1v) is 9.14. The molecule has 0 aromatic rings. The number of carbonyl (C=O) groups excluding carboxylic acids is 1. The minimum atomic E-state index is -3.17. The Morgan fingerprint density at radius 3 is 2.29 bits per heavy atom. The lowest BCUT2D eigenvalue weighted by Gasteiger charge is -2.32. The van der Waals surface area contributed by atoms with E-state index in [0.29, 0.717) is 12.8 Å². The molecule has 7 heteroatoms. The molecule has 6 nitrogen and oxygen atoms in total. The lowest BCUT2D eigenvalue weighted by Crippen LogP contribution is -2.46. The Hall–Kier alpha value is -1.11. The second kappa shape index (κ2) is 7.24. The maximum absolute atomic E-state index is 12.1. The van der Waals surface area contributed by atoms with E-state index in [-0.39, 0.29) is 30.3 Å². The van der Waals surface area contributed by atoms with Gasteiger partial charge in [0.15, 0.2) is 5.41 Å². The summed E-state index contributed by atoms with van der Waals surface area (Å²) < 4.78 is 27.8. The van der Waals surface area contributed by atoms with Crippen molar-refractivity contribution in [2.75, 3.05) is 18.6 Å². The van der Waals surface area contributed by atoms with Gasteiger partial charge in [0.25, 0.3) is 0 Å². The standard InChI is InChI=1S/C14H24O6S/c1-3-21(18,19)10-6-9-14(12(15)16,13(17)20-2)11-7-4-5-8-11/h11H,3-10H2,1-2H3,(H,15,16). The monoisotopic (exact) mass is 320 g/mol. The van der Waals surface area contributed by atoms with E-state index < -0.39 is 27.2 Å². The third-order valence-electron chi connectivity index (χ3n) is 4.45. The molecule has 0 aromatic heterocycles. The number of carboxylic acid groups (broad SMARTS) is 1. The van der Waals surface area contributed by atoms with Crippen LogP contribution in [0.2, 0.25) is 0 Å². The first-order valence-electron chi connectivity index (χ1n) is 7.32. The van der Waals surface area contributed by atoms with Crippen molar-refractivity contribution in [1.29, 1.82) is 0 Å². The molecular weight excluding hydrogens is 296 g/mol. The third kappa shape index (κ3) is 3.96. The summed E-state index contributed by atoms with van der Waals surface area (Å²) in [5, 5.41) is 9.62. The maximum Gasteiger partial charge on any atom is 0.323 e. The Morgan fingerprint density at radius 2 is 1.86 bits per heavy atom. The molecule has 0 saturated heterocycles. The topological polar surface area (TPSA) is 97.7 Å². The van der Waals surface area contributed by atoms with E-state index in [2.05, 4.69) is 0 Å². The fourth-order valence-electron chi connectivity index (χ4n) is 3.16. The molecule has 1 N–H and O–H groups in total. The van der Waals surface area contributed by atoms with Gasteiger partial charge >= 0.3 is 11.9 Å². The minimum absolute atomic E-state index is 0.0128. The molecule has 0 aromatic carbocycles. The molecular formula is C14H24O6S. The first kappa shape index (κ1) is 17.9. The van der Waals surface area contributed by atoms with E-state index in [9.17, 15) is 23.1 Å². The van der Waals surface area contributed by atoms with E-state index >= 15 is 0 Å². The molecule has 122 valence electrons. The van der Waals surface area contributed by atoms with E-state index in [4.69, 9.17) is 4.74 Å². The number of ether oxygens (including phenoxy) is 1. The van der Waals surface area contributed by atoms with Crippen LogP contribution >= 0.6 is 0 Å². The average molecular weight is 320 g/mol. The number of hydrogen-bond donors (Lipinski definition) is 1. The van der Waals surface area contributed by atoms with Gasteiger partial charge in [-0.2, -0.15) is 0 Å². The Balaban J connectivity index is 2.95. The predicted octanol–water partition coefficient (Wildman–Crippen LogP) is 1.64. The highest BCUT2D eigenvalue weighted by atomic mass is 32.2. The first-order chi connectivity index (χ1) is 9.80. The zero-order chi connectivity index (χ0) is 16.1. The number of carboxylic acids is 1. The van der Waals surface area contributed by atoms with E-state index in [1.165, 1.54) is 7.11 Å². The van der Waals surface area contributed by atoms with Crippen molar-refractivity contribution in [2.24, 2.45) is 11.3 Å². The van der Waals surface area contributed by atoms with Crippen LogP contribution in [0.1, 0.15) is 45.4 Å². The van der Waals surface area contributed by atoms with Crippen LogP contribution < -0.4 is 0 Å². The van der Waals surface area contributed by atoms with Crippen LogP contribution in [-0.4, -0.2) is 44.1 Å². The molecule has 0 amide bonds. The van der Waals surface area contributed by atoms with Crippen molar-refractivity contribution in [3.63, 3.8) is 0 Å². The number of rotatable bonds is 8. The smallest absolute Gasteiger partial charge is 0.323 e. The fraction of sp³-hybridized carbons (Fsp3) is 0.857. The van der Waals surface area contributed by atoms with Crippen LogP contribution in [0, 0.1) is 11.3 Å². The lowest BCUT2D eigenvalue weighted by molar-refractivity contribution is -0.172. The number of methoxy groups -OCH3 is 1. The Bertz CT molecular complexity index is 478. The molecule has 1 fully saturated rings. The van der Waals surface area contributed by atoms with E-state index in [1.807, 2.05) is 0 Å². The molecule has 0 aliphatic heterocycles. The van der Waals surface area contributed by atoms with Crippen LogP contribution in [0.3, 0.4) is 0 Å². The number of sulfone groups is 1. The van der Waals surface area contributed by atoms with Gasteiger partial charge < -0.3 is 9.84 Å². The molecule has 21 heavy (non-hydrogen) atoms. The molecule has 1 aliphatic carbocycles. The third-order valence-corrected chi connectivity index (χ3v) is 6.24. The zero-order valence-corrected chi connectivity index (χ0v) is 13.4. The van der Waals surface area contributed by atoms with Gasteiger partial charge in [0.1, 0.15) is 9.84 Å². The summed E-state index contributed by atoms with van der Waals surface area (Å²) in [6, 6.07) is 0. The number of carbonyl (C=O) groups is 2. The van der Waals surface area contributed by atoms with Crippen LogP contribution in [0.5, 0.6) is 0 Å². The highest BCUT2D eigenvalue weighted by molar-refractivity contribution is 7.91. The molecule has 1 atom stereocenters. The van der Waals surface area contributed by atoms with Gasteiger partial charge in [0.2, 0.25) is 0 Å². The maximum atomic E-state index is 12.1. The summed E-state index contributed by atoms with van der Waals surface area (Å²) >= 11 is 0. The van der Waals surface area contributed by atoms with Gasteiger partial charge in [-0.25, -0.2) is 8.42 Å². The highest BCUT2D eigenvalue weighted by Gasteiger charge is 2.53. The Morgan fingerprint density at radius 1 is 1.29 bits per heavy atom. The molecule has 1 unspecified atom stereocenters. The van der Waals surface area contributed by atoms with Crippen LogP contribution in [0.4, 0.5) is 0 Å². The number of hydrogen-bond acceptors (Lipinski definition) is 5. The van der Waals surface area contributed by atoms with Gasteiger partial charge in [0.05, 0.1) is 12.9 Å². The molecule has 0 spiro atoms. The molecule has 1 saturated carbocycles. The van der Waals surface area contributed by atoms with Crippen LogP contribution in [0.15, 0.2) is 0 Å². The number of esters is 1.